The van der Waals surface area contributed by atoms with Gasteiger partial charge >= 0.3 is 12.1 Å². The zero-order valence-corrected chi connectivity index (χ0v) is 18.9. The molecule has 1 fully saturated rings. The molecule has 2 aromatic carbocycles. The van der Waals surface area contributed by atoms with Gasteiger partial charge in [0.2, 0.25) is 5.91 Å². The van der Waals surface area contributed by atoms with Crippen molar-refractivity contribution < 1.29 is 29.3 Å². The number of rotatable bonds is 8. The number of ether oxygens (including phenoxy) is 1. The summed E-state index contributed by atoms with van der Waals surface area (Å²) < 4.78 is 5.61. The van der Waals surface area contributed by atoms with Crippen molar-refractivity contribution in [3.05, 3.63) is 59.7 Å². The Kier molecular flexibility index (Phi) is 7.47. The summed E-state index contributed by atoms with van der Waals surface area (Å²) in [4.78, 5) is 36.4. The molecule has 4 rings (SSSR count). The van der Waals surface area contributed by atoms with E-state index in [4.69, 9.17) is 9.84 Å². The van der Waals surface area contributed by atoms with Crippen molar-refractivity contribution in [3.63, 3.8) is 0 Å². The van der Waals surface area contributed by atoms with E-state index in [2.05, 4.69) is 34.9 Å². The number of carbonyl (C=O) groups is 3. The molecule has 8 heteroatoms. The monoisotopic (exact) mass is 466 g/mol. The highest BCUT2D eigenvalue weighted by Crippen LogP contribution is 2.44. The minimum atomic E-state index is -1.17. The van der Waals surface area contributed by atoms with Crippen LogP contribution in [0.25, 0.3) is 11.1 Å². The average molecular weight is 467 g/mol. The van der Waals surface area contributed by atoms with Crippen LogP contribution in [0.15, 0.2) is 48.5 Å². The summed E-state index contributed by atoms with van der Waals surface area (Å²) in [5, 5.41) is 23.6. The van der Waals surface area contributed by atoms with Gasteiger partial charge in [-0.05, 0) is 41.5 Å². The number of alkyl carbamates (subject to hydrolysis) is 1. The van der Waals surface area contributed by atoms with Gasteiger partial charge in [-0.2, -0.15) is 0 Å². The molecule has 34 heavy (non-hydrogen) atoms. The zero-order chi connectivity index (χ0) is 24.1. The summed E-state index contributed by atoms with van der Waals surface area (Å²) in [5.41, 5.74) is 4.60. The number of hydrogen-bond donors (Lipinski definition) is 4. The Labute approximate surface area is 198 Å². The van der Waals surface area contributed by atoms with E-state index in [1.807, 2.05) is 24.3 Å². The molecule has 0 unspecified atom stereocenters. The Balaban J connectivity index is 1.31. The van der Waals surface area contributed by atoms with Crippen LogP contribution in [0.4, 0.5) is 4.79 Å². The summed E-state index contributed by atoms with van der Waals surface area (Å²) in [6, 6.07) is 14.9. The maximum atomic E-state index is 12.6. The van der Waals surface area contributed by atoms with E-state index in [9.17, 15) is 19.5 Å². The number of aliphatic carboxylic acids is 1. The standard InChI is InChI=1S/C26H30N2O6/c29-13-12-23(25(31)32)28-24(30)16-6-5-7-17(14-16)27-26(33)34-15-22-20-10-3-1-8-18(20)19-9-2-4-11-21(19)22/h1-4,8-11,16-17,22-23,29H,5-7,12-15H2,(H,27,33)(H,28,30)(H,31,32)/t16-,17+,23+/m0/s1. The van der Waals surface area contributed by atoms with E-state index < -0.39 is 24.0 Å². The van der Waals surface area contributed by atoms with Crippen molar-refractivity contribution in [3.8, 4) is 11.1 Å². The Morgan fingerprint density at radius 3 is 2.26 bits per heavy atom. The molecule has 2 aliphatic rings. The lowest BCUT2D eigenvalue weighted by Gasteiger charge is -2.29. The van der Waals surface area contributed by atoms with Crippen LogP contribution >= 0.6 is 0 Å². The minimum absolute atomic E-state index is 0.0255. The largest absolute Gasteiger partial charge is 0.480 e. The van der Waals surface area contributed by atoms with Crippen LogP contribution < -0.4 is 10.6 Å². The molecule has 0 spiro atoms. The number of aliphatic hydroxyl groups is 1. The average Bonchev–Trinajstić information content (AvgIpc) is 3.16. The molecule has 3 atom stereocenters. The molecule has 0 aliphatic heterocycles. The highest BCUT2D eigenvalue weighted by molar-refractivity contribution is 5.85. The van der Waals surface area contributed by atoms with Gasteiger partial charge in [-0.15, -0.1) is 0 Å². The molecule has 2 aromatic rings. The maximum absolute atomic E-state index is 12.6. The van der Waals surface area contributed by atoms with Crippen molar-refractivity contribution in [1.29, 1.82) is 0 Å². The van der Waals surface area contributed by atoms with Crippen LogP contribution in [0.1, 0.15) is 49.1 Å². The Morgan fingerprint density at radius 2 is 1.65 bits per heavy atom. The lowest BCUT2D eigenvalue weighted by molar-refractivity contribution is -0.143. The molecule has 2 amide bonds. The van der Waals surface area contributed by atoms with Crippen LogP contribution in [0.3, 0.4) is 0 Å². The van der Waals surface area contributed by atoms with Gasteiger partial charge in [-0.1, -0.05) is 55.0 Å². The third-order valence-electron chi connectivity index (χ3n) is 6.74. The quantitative estimate of drug-likeness (QED) is 0.474. The molecule has 1 saturated carbocycles. The van der Waals surface area contributed by atoms with Gasteiger partial charge in [0.25, 0.3) is 0 Å². The van der Waals surface area contributed by atoms with E-state index in [1.165, 1.54) is 0 Å². The van der Waals surface area contributed by atoms with Crippen molar-refractivity contribution in [2.45, 2.75) is 50.1 Å². The van der Waals surface area contributed by atoms with Crippen LogP contribution in [0.5, 0.6) is 0 Å². The fraction of sp³-hybridized carbons (Fsp3) is 0.423. The molecular weight excluding hydrogens is 436 g/mol. The number of aliphatic hydroxyl groups excluding tert-OH is 1. The topological polar surface area (TPSA) is 125 Å². The van der Waals surface area contributed by atoms with Gasteiger partial charge in [-0.25, -0.2) is 9.59 Å². The molecule has 0 saturated heterocycles. The Morgan fingerprint density at radius 1 is 1.00 bits per heavy atom. The van der Waals surface area contributed by atoms with Gasteiger partial charge in [0.15, 0.2) is 0 Å². The number of carboxylic acid groups (broad SMARTS) is 1. The van der Waals surface area contributed by atoms with Crippen molar-refractivity contribution in [1.82, 2.24) is 10.6 Å². The number of nitrogens with one attached hydrogen (secondary N) is 2. The predicted molar refractivity (Wildman–Crippen MR) is 125 cm³/mol. The first-order chi connectivity index (χ1) is 16.5. The summed E-state index contributed by atoms with van der Waals surface area (Å²) >= 11 is 0. The Hall–Kier alpha value is -3.39. The minimum Gasteiger partial charge on any atom is -0.480 e. The first-order valence-electron chi connectivity index (χ1n) is 11.7. The maximum Gasteiger partial charge on any atom is 0.407 e. The smallest absolute Gasteiger partial charge is 0.407 e. The Bertz CT molecular complexity index is 1010. The zero-order valence-electron chi connectivity index (χ0n) is 18.9. The first-order valence-corrected chi connectivity index (χ1v) is 11.7. The molecular formula is C26H30N2O6. The normalized spacial score (nSPS) is 20.0. The van der Waals surface area contributed by atoms with Gasteiger partial charge in [-0.3, -0.25) is 4.79 Å². The highest BCUT2D eigenvalue weighted by Gasteiger charge is 2.32. The SMILES string of the molecule is O=C(N[C@@H]1CCC[C@H](C(=O)N[C@H](CCO)C(=O)O)C1)OCC1c2ccccc2-c2ccccc21. The number of hydrogen-bond acceptors (Lipinski definition) is 5. The summed E-state index contributed by atoms with van der Waals surface area (Å²) in [6.07, 6.45) is 1.95. The van der Waals surface area contributed by atoms with Crippen LogP contribution in [-0.2, 0) is 14.3 Å². The summed E-state index contributed by atoms with van der Waals surface area (Å²) in [5.74, 6) is -1.96. The number of carbonyl (C=O) groups excluding carboxylic acids is 2. The van der Waals surface area contributed by atoms with Gasteiger partial charge in [0.05, 0.1) is 0 Å². The van der Waals surface area contributed by atoms with Crippen molar-refractivity contribution in [2.75, 3.05) is 13.2 Å². The van der Waals surface area contributed by atoms with E-state index >= 15 is 0 Å². The van der Waals surface area contributed by atoms with Gasteiger partial charge in [0.1, 0.15) is 12.6 Å². The third-order valence-corrected chi connectivity index (χ3v) is 6.74. The van der Waals surface area contributed by atoms with Crippen LogP contribution in [-0.4, -0.2) is 53.5 Å². The lowest BCUT2D eigenvalue weighted by Crippen LogP contribution is -2.47. The number of benzene rings is 2. The lowest BCUT2D eigenvalue weighted by atomic mass is 9.85. The van der Waals surface area contributed by atoms with E-state index in [1.54, 1.807) is 0 Å². The molecule has 2 aliphatic carbocycles. The molecule has 0 heterocycles. The van der Waals surface area contributed by atoms with Crippen molar-refractivity contribution in [2.24, 2.45) is 5.92 Å². The molecule has 0 aromatic heterocycles. The summed E-state index contributed by atoms with van der Waals surface area (Å²) in [6.45, 7) is -0.105. The van der Waals surface area contributed by atoms with Crippen molar-refractivity contribution >= 4 is 18.0 Å². The molecule has 0 radical (unpaired) electrons. The predicted octanol–water partition coefficient (Wildman–Crippen LogP) is 3.04. The summed E-state index contributed by atoms with van der Waals surface area (Å²) in [7, 11) is 0. The molecule has 0 bridgehead atoms. The van der Waals surface area contributed by atoms with Gasteiger partial charge in [0, 0.05) is 30.9 Å². The van der Waals surface area contributed by atoms with Gasteiger partial charge < -0.3 is 25.6 Å². The third kappa shape index (κ3) is 5.22. The van der Waals surface area contributed by atoms with Crippen LogP contribution in [0.2, 0.25) is 0 Å². The van der Waals surface area contributed by atoms with E-state index in [0.717, 1.165) is 35.1 Å². The number of amides is 2. The number of carboxylic acids is 1. The molecule has 180 valence electrons. The highest BCUT2D eigenvalue weighted by atomic mass is 16.5. The first kappa shape index (κ1) is 23.8. The second-order valence-electron chi connectivity index (χ2n) is 8.94. The fourth-order valence-corrected chi connectivity index (χ4v) is 5.04. The van der Waals surface area contributed by atoms with E-state index in [-0.39, 0.29) is 37.5 Å². The second-order valence-corrected chi connectivity index (χ2v) is 8.94. The number of fused-ring (bicyclic) bond motifs is 3. The fourth-order valence-electron chi connectivity index (χ4n) is 5.04. The molecule has 8 nitrogen and oxygen atoms in total. The van der Waals surface area contributed by atoms with E-state index in [0.29, 0.717) is 12.8 Å². The molecule has 4 N–H and O–H groups in total. The second kappa shape index (κ2) is 10.7. The van der Waals surface area contributed by atoms with Crippen LogP contribution in [0, 0.1) is 5.92 Å².